The Hall–Kier alpha value is -1.39. The molecule has 0 radical (unpaired) electrons. The predicted molar refractivity (Wildman–Crippen MR) is 64.2 cm³/mol. The number of fused-ring (bicyclic) bond motifs is 1. The van der Waals surface area contributed by atoms with Crippen LogP contribution in [0.5, 0.6) is 0 Å². The molecule has 4 heteroatoms. The van der Waals surface area contributed by atoms with Gasteiger partial charge in [0.1, 0.15) is 0 Å². The van der Waals surface area contributed by atoms with E-state index in [1.807, 2.05) is 13.1 Å². The SMILES string of the molecule is CNC(CCCO)c1ccc2nc[nH]c2c1. The fourth-order valence-electron chi connectivity index (χ4n) is 1.94. The maximum atomic E-state index is 8.85. The van der Waals surface area contributed by atoms with Crippen molar-refractivity contribution in [2.24, 2.45) is 0 Å². The third-order valence-corrected chi connectivity index (χ3v) is 2.85. The number of nitrogens with one attached hydrogen (secondary N) is 2. The van der Waals surface area contributed by atoms with E-state index in [-0.39, 0.29) is 6.61 Å². The minimum Gasteiger partial charge on any atom is -0.396 e. The van der Waals surface area contributed by atoms with Crippen molar-refractivity contribution in [1.82, 2.24) is 15.3 Å². The van der Waals surface area contributed by atoms with Crippen LogP contribution in [0.15, 0.2) is 24.5 Å². The number of aliphatic hydroxyl groups excluding tert-OH is 1. The van der Waals surface area contributed by atoms with Gasteiger partial charge in [0, 0.05) is 12.6 Å². The molecule has 2 aromatic rings. The molecule has 2 rings (SSSR count). The topological polar surface area (TPSA) is 60.9 Å². The van der Waals surface area contributed by atoms with Gasteiger partial charge in [-0.3, -0.25) is 0 Å². The summed E-state index contributed by atoms with van der Waals surface area (Å²) in [6, 6.07) is 6.51. The van der Waals surface area contributed by atoms with Crippen molar-refractivity contribution in [3.63, 3.8) is 0 Å². The first-order chi connectivity index (χ1) is 7.85. The second kappa shape index (κ2) is 5.09. The van der Waals surface area contributed by atoms with Gasteiger partial charge < -0.3 is 15.4 Å². The molecule has 16 heavy (non-hydrogen) atoms. The molecule has 0 fully saturated rings. The van der Waals surface area contributed by atoms with Crippen LogP contribution >= 0.6 is 0 Å². The Morgan fingerprint density at radius 3 is 3.12 bits per heavy atom. The largest absolute Gasteiger partial charge is 0.396 e. The smallest absolute Gasteiger partial charge is 0.0931 e. The number of H-pyrrole nitrogens is 1. The first kappa shape index (κ1) is 11.1. The van der Waals surface area contributed by atoms with Gasteiger partial charge in [-0.05, 0) is 37.6 Å². The molecular formula is C12H17N3O. The highest BCUT2D eigenvalue weighted by Gasteiger charge is 2.09. The zero-order valence-corrected chi connectivity index (χ0v) is 9.40. The molecule has 1 atom stereocenters. The van der Waals surface area contributed by atoms with Crippen molar-refractivity contribution in [1.29, 1.82) is 0 Å². The average molecular weight is 219 g/mol. The van der Waals surface area contributed by atoms with E-state index in [1.165, 1.54) is 5.56 Å². The van der Waals surface area contributed by atoms with Crippen molar-refractivity contribution in [3.05, 3.63) is 30.1 Å². The highest BCUT2D eigenvalue weighted by molar-refractivity contribution is 5.75. The molecular weight excluding hydrogens is 202 g/mol. The summed E-state index contributed by atoms with van der Waals surface area (Å²) >= 11 is 0. The van der Waals surface area contributed by atoms with E-state index in [4.69, 9.17) is 5.11 Å². The average Bonchev–Trinajstić information content (AvgIpc) is 2.77. The van der Waals surface area contributed by atoms with Gasteiger partial charge in [-0.15, -0.1) is 0 Å². The summed E-state index contributed by atoms with van der Waals surface area (Å²) in [7, 11) is 1.94. The number of rotatable bonds is 5. The van der Waals surface area contributed by atoms with E-state index >= 15 is 0 Å². The number of hydrogen-bond donors (Lipinski definition) is 3. The molecule has 0 saturated heterocycles. The molecule has 0 aliphatic carbocycles. The second-order valence-electron chi connectivity index (χ2n) is 3.89. The molecule has 0 aliphatic heterocycles. The number of aliphatic hydroxyl groups is 1. The fourth-order valence-corrected chi connectivity index (χ4v) is 1.94. The van der Waals surface area contributed by atoms with E-state index in [0.717, 1.165) is 23.9 Å². The zero-order chi connectivity index (χ0) is 11.4. The van der Waals surface area contributed by atoms with E-state index in [9.17, 15) is 0 Å². The Bertz CT molecular complexity index is 452. The number of benzene rings is 1. The van der Waals surface area contributed by atoms with Gasteiger partial charge in [-0.1, -0.05) is 6.07 Å². The third-order valence-electron chi connectivity index (χ3n) is 2.85. The summed E-state index contributed by atoms with van der Waals surface area (Å²) in [4.78, 5) is 7.30. The van der Waals surface area contributed by atoms with Crippen LogP contribution in [-0.4, -0.2) is 28.7 Å². The van der Waals surface area contributed by atoms with E-state index in [0.29, 0.717) is 6.04 Å². The molecule has 1 aromatic carbocycles. The third kappa shape index (κ3) is 2.23. The summed E-state index contributed by atoms with van der Waals surface area (Å²) in [5, 5.41) is 12.1. The highest BCUT2D eigenvalue weighted by Crippen LogP contribution is 2.21. The molecule has 1 unspecified atom stereocenters. The lowest BCUT2D eigenvalue weighted by Crippen LogP contribution is -2.16. The summed E-state index contributed by atoms with van der Waals surface area (Å²) in [5.41, 5.74) is 3.27. The van der Waals surface area contributed by atoms with Crippen molar-refractivity contribution >= 4 is 11.0 Å². The lowest BCUT2D eigenvalue weighted by Gasteiger charge is -2.15. The lowest BCUT2D eigenvalue weighted by atomic mass is 10.0. The van der Waals surface area contributed by atoms with Crippen molar-refractivity contribution in [2.45, 2.75) is 18.9 Å². The predicted octanol–water partition coefficient (Wildman–Crippen LogP) is 1.60. The van der Waals surface area contributed by atoms with Crippen LogP contribution in [0.25, 0.3) is 11.0 Å². The van der Waals surface area contributed by atoms with E-state index in [2.05, 4.69) is 27.4 Å². The van der Waals surface area contributed by atoms with E-state index in [1.54, 1.807) is 6.33 Å². The number of aromatic amines is 1. The fraction of sp³-hybridized carbons (Fsp3) is 0.417. The van der Waals surface area contributed by atoms with Crippen molar-refractivity contribution < 1.29 is 5.11 Å². The molecule has 1 heterocycles. The van der Waals surface area contributed by atoms with Gasteiger partial charge in [0.05, 0.1) is 17.4 Å². The van der Waals surface area contributed by atoms with Crippen molar-refractivity contribution in [2.75, 3.05) is 13.7 Å². The van der Waals surface area contributed by atoms with Gasteiger partial charge in [0.25, 0.3) is 0 Å². The van der Waals surface area contributed by atoms with Crippen LogP contribution < -0.4 is 5.32 Å². The highest BCUT2D eigenvalue weighted by atomic mass is 16.2. The molecule has 4 nitrogen and oxygen atoms in total. The summed E-state index contributed by atoms with van der Waals surface area (Å²) in [6.45, 7) is 0.241. The summed E-state index contributed by atoms with van der Waals surface area (Å²) in [6.07, 6.45) is 3.45. The van der Waals surface area contributed by atoms with Crippen LogP contribution in [0.1, 0.15) is 24.4 Å². The standard InChI is InChI=1S/C12H17N3O/c1-13-10(3-2-6-16)9-4-5-11-12(7-9)15-8-14-11/h4-5,7-8,10,13,16H,2-3,6H2,1H3,(H,14,15). The van der Waals surface area contributed by atoms with Crippen LogP contribution in [0.2, 0.25) is 0 Å². The number of imidazole rings is 1. The molecule has 0 spiro atoms. The Labute approximate surface area is 94.7 Å². The lowest BCUT2D eigenvalue weighted by molar-refractivity contribution is 0.276. The zero-order valence-electron chi connectivity index (χ0n) is 9.40. The first-order valence-electron chi connectivity index (χ1n) is 5.56. The van der Waals surface area contributed by atoms with Gasteiger partial charge in [0.2, 0.25) is 0 Å². The Balaban J connectivity index is 2.22. The summed E-state index contributed by atoms with van der Waals surface area (Å²) in [5.74, 6) is 0. The van der Waals surface area contributed by atoms with Crippen LogP contribution in [0.4, 0.5) is 0 Å². The molecule has 0 bridgehead atoms. The number of aromatic nitrogens is 2. The first-order valence-corrected chi connectivity index (χ1v) is 5.56. The molecule has 3 N–H and O–H groups in total. The normalized spacial score (nSPS) is 13.1. The van der Waals surface area contributed by atoms with Gasteiger partial charge in [-0.25, -0.2) is 4.98 Å². The molecule has 1 aromatic heterocycles. The van der Waals surface area contributed by atoms with E-state index < -0.39 is 0 Å². The quantitative estimate of drug-likeness (QED) is 0.715. The molecule has 86 valence electrons. The van der Waals surface area contributed by atoms with Gasteiger partial charge in [0.15, 0.2) is 0 Å². The summed E-state index contributed by atoms with van der Waals surface area (Å²) < 4.78 is 0. The van der Waals surface area contributed by atoms with Crippen LogP contribution in [-0.2, 0) is 0 Å². The van der Waals surface area contributed by atoms with Crippen molar-refractivity contribution in [3.8, 4) is 0 Å². The minimum absolute atomic E-state index is 0.241. The van der Waals surface area contributed by atoms with Crippen LogP contribution in [0, 0.1) is 0 Å². The van der Waals surface area contributed by atoms with Gasteiger partial charge in [-0.2, -0.15) is 0 Å². The maximum Gasteiger partial charge on any atom is 0.0931 e. The number of nitrogens with zero attached hydrogens (tertiary/aromatic N) is 1. The molecule has 0 aliphatic rings. The van der Waals surface area contributed by atoms with Gasteiger partial charge >= 0.3 is 0 Å². The van der Waals surface area contributed by atoms with Crippen LogP contribution in [0.3, 0.4) is 0 Å². The molecule has 0 amide bonds. The number of hydrogen-bond acceptors (Lipinski definition) is 3. The second-order valence-corrected chi connectivity index (χ2v) is 3.89. The Morgan fingerprint density at radius 1 is 1.50 bits per heavy atom. The maximum absolute atomic E-state index is 8.85. The minimum atomic E-state index is 0.241. The molecule has 0 saturated carbocycles. The Kier molecular flexibility index (Phi) is 3.54. The Morgan fingerprint density at radius 2 is 2.38 bits per heavy atom. The monoisotopic (exact) mass is 219 g/mol.